The van der Waals surface area contributed by atoms with Crippen LogP contribution in [0.5, 0.6) is 0 Å². The van der Waals surface area contributed by atoms with E-state index in [0.717, 1.165) is 24.8 Å². The van der Waals surface area contributed by atoms with Gasteiger partial charge in [-0.1, -0.05) is 31.9 Å². The highest BCUT2D eigenvalue weighted by Gasteiger charge is 2.23. The summed E-state index contributed by atoms with van der Waals surface area (Å²) in [7, 11) is 0. The molecule has 124 valence electrons. The average molecular weight is 313 g/mol. The number of rotatable bonds is 5. The molecule has 0 aliphatic heterocycles. The predicted octanol–water partition coefficient (Wildman–Crippen LogP) is 3.83. The van der Waals surface area contributed by atoms with Gasteiger partial charge >= 0.3 is 0 Å². The number of ketones is 1. The molecule has 1 amide bonds. The lowest BCUT2D eigenvalue weighted by Gasteiger charge is -2.29. The molecule has 2 atom stereocenters. The second-order valence-electron chi connectivity index (χ2n) is 7.20. The molecule has 1 aromatic carbocycles. The molecular weight excluding hydrogens is 286 g/mol. The van der Waals surface area contributed by atoms with Crippen LogP contribution in [-0.4, -0.2) is 17.7 Å². The van der Waals surface area contributed by atoms with Crippen molar-refractivity contribution in [2.75, 3.05) is 0 Å². The zero-order valence-electron chi connectivity index (χ0n) is 14.1. The van der Waals surface area contributed by atoms with E-state index < -0.39 is 0 Å². The summed E-state index contributed by atoms with van der Waals surface area (Å²) in [5, 5.41) is 3.13. The topological polar surface area (TPSA) is 46.2 Å². The summed E-state index contributed by atoms with van der Waals surface area (Å²) >= 11 is 0. The minimum atomic E-state index is 0.0262. The summed E-state index contributed by atoms with van der Waals surface area (Å²) in [6.07, 6.45) is 8.75. The Labute approximate surface area is 138 Å². The fourth-order valence-corrected chi connectivity index (χ4v) is 3.93. The van der Waals surface area contributed by atoms with Gasteiger partial charge in [-0.2, -0.15) is 0 Å². The van der Waals surface area contributed by atoms with Crippen molar-refractivity contribution >= 4 is 11.7 Å². The Hall–Kier alpha value is -1.64. The quantitative estimate of drug-likeness (QED) is 0.840. The lowest BCUT2D eigenvalue weighted by molar-refractivity contribution is -0.122. The fourth-order valence-electron chi connectivity index (χ4n) is 3.93. The van der Waals surface area contributed by atoms with Gasteiger partial charge in [-0.25, -0.2) is 0 Å². The van der Waals surface area contributed by atoms with Crippen molar-refractivity contribution in [3.8, 4) is 0 Å². The Morgan fingerprint density at radius 3 is 2.65 bits per heavy atom. The second kappa shape index (κ2) is 7.29. The van der Waals surface area contributed by atoms with Crippen LogP contribution >= 0.6 is 0 Å². The van der Waals surface area contributed by atoms with Crippen molar-refractivity contribution in [1.82, 2.24) is 5.32 Å². The molecule has 1 fully saturated rings. The van der Waals surface area contributed by atoms with Gasteiger partial charge in [-0.05, 0) is 55.2 Å². The molecule has 0 radical (unpaired) electrons. The van der Waals surface area contributed by atoms with Gasteiger partial charge in [0.05, 0.1) is 0 Å². The maximum Gasteiger partial charge on any atom is 0.220 e. The Morgan fingerprint density at radius 1 is 1.04 bits per heavy atom. The SMILES string of the molecule is CC1CCCCC1NC(=O)CCC(=O)c1ccc2c(c1)CCC2. The van der Waals surface area contributed by atoms with Gasteiger partial charge in [-0.15, -0.1) is 0 Å². The van der Waals surface area contributed by atoms with Crippen molar-refractivity contribution < 1.29 is 9.59 Å². The van der Waals surface area contributed by atoms with E-state index in [2.05, 4.69) is 18.3 Å². The Morgan fingerprint density at radius 2 is 1.83 bits per heavy atom. The van der Waals surface area contributed by atoms with Crippen molar-refractivity contribution in [2.24, 2.45) is 5.92 Å². The van der Waals surface area contributed by atoms with E-state index in [0.29, 0.717) is 24.8 Å². The molecule has 1 saturated carbocycles. The highest BCUT2D eigenvalue weighted by atomic mass is 16.2. The van der Waals surface area contributed by atoms with Gasteiger partial charge in [0.15, 0.2) is 5.78 Å². The lowest BCUT2D eigenvalue weighted by Crippen LogP contribution is -2.41. The summed E-state index contributed by atoms with van der Waals surface area (Å²) in [4.78, 5) is 24.4. The number of fused-ring (bicyclic) bond motifs is 1. The Kier molecular flexibility index (Phi) is 5.14. The number of carbonyl (C=O) groups excluding carboxylic acids is 2. The minimum Gasteiger partial charge on any atom is -0.353 e. The van der Waals surface area contributed by atoms with Gasteiger partial charge in [0.2, 0.25) is 5.91 Å². The summed E-state index contributed by atoms with van der Waals surface area (Å²) in [5.41, 5.74) is 3.46. The molecule has 3 nitrogen and oxygen atoms in total. The lowest BCUT2D eigenvalue weighted by atomic mass is 9.86. The normalized spacial score (nSPS) is 23.3. The maximum atomic E-state index is 12.3. The molecule has 2 unspecified atom stereocenters. The van der Waals surface area contributed by atoms with Crippen LogP contribution in [0, 0.1) is 5.92 Å². The number of amides is 1. The summed E-state index contributed by atoms with van der Waals surface area (Å²) < 4.78 is 0. The van der Waals surface area contributed by atoms with E-state index in [1.165, 1.54) is 36.8 Å². The van der Waals surface area contributed by atoms with Crippen molar-refractivity contribution in [1.29, 1.82) is 0 Å². The number of hydrogen-bond acceptors (Lipinski definition) is 2. The van der Waals surface area contributed by atoms with Crippen molar-refractivity contribution in [2.45, 2.75) is 70.8 Å². The minimum absolute atomic E-state index is 0.0262. The Bertz CT molecular complexity index is 593. The van der Waals surface area contributed by atoms with Crippen molar-refractivity contribution in [3.05, 3.63) is 34.9 Å². The van der Waals surface area contributed by atoms with Crippen LogP contribution < -0.4 is 5.32 Å². The van der Waals surface area contributed by atoms with Gasteiger partial charge in [0.25, 0.3) is 0 Å². The average Bonchev–Trinajstić information content (AvgIpc) is 3.02. The number of Topliss-reactive ketones (excluding diaryl/α,β-unsaturated/α-hetero) is 1. The third-order valence-electron chi connectivity index (χ3n) is 5.46. The van der Waals surface area contributed by atoms with Crippen LogP contribution in [0.4, 0.5) is 0 Å². The molecule has 0 saturated heterocycles. The van der Waals surface area contributed by atoms with Crippen LogP contribution in [0.25, 0.3) is 0 Å². The molecule has 23 heavy (non-hydrogen) atoms. The molecular formula is C20H27NO2. The van der Waals surface area contributed by atoms with Crippen LogP contribution in [0.1, 0.15) is 73.4 Å². The largest absolute Gasteiger partial charge is 0.353 e. The molecule has 0 aromatic heterocycles. The molecule has 2 aliphatic rings. The van der Waals surface area contributed by atoms with E-state index in [9.17, 15) is 9.59 Å². The van der Waals surface area contributed by atoms with Crippen molar-refractivity contribution in [3.63, 3.8) is 0 Å². The Balaban J connectivity index is 1.49. The summed E-state index contributed by atoms with van der Waals surface area (Å²) in [5.74, 6) is 0.671. The molecule has 0 bridgehead atoms. The van der Waals surface area contributed by atoms with E-state index in [1.807, 2.05) is 12.1 Å². The van der Waals surface area contributed by atoms with Gasteiger partial charge in [-0.3, -0.25) is 9.59 Å². The molecule has 1 N–H and O–H groups in total. The smallest absolute Gasteiger partial charge is 0.220 e. The molecule has 0 heterocycles. The first-order valence-electron chi connectivity index (χ1n) is 9.08. The van der Waals surface area contributed by atoms with Gasteiger partial charge in [0.1, 0.15) is 0 Å². The van der Waals surface area contributed by atoms with E-state index >= 15 is 0 Å². The number of carbonyl (C=O) groups is 2. The van der Waals surface area contributed by atoms with E-state index in [-0.39, 0.29) is 11.7 Å². The highest BCUT2D eigenvalue weighted by molar-refractivity contribution is 5.98. The van der Waals surface area contributed by atoms with Crippen LogP contribution in [0.15, 0.2) is 18.2 Å². The third-order valence-corrected chi connectivity index (χ3v) is 5.46. The first-order valence-corrected chi connectivity index (χ1v) is 9.08. The monoisotopic (exact) mass is 313 g/mol. The predicted molar refractivity (Wildman–Crippen MR) is 91.6 cm³/mol. The number of nitrogens with one attached hydrogen (secondary N) is 1. The zero-order valence-corrected chi connectivity index (χ0v) is 14.1. The molecule has 3 rings (SSSR count). The van der Waals surface area contributed by atoms with Crippen LogP contribution in [-0.2, 0) is 17.6 Å². The fraction of sp³-hybridized carbons (Fsp3) is 0.600. The second-order valence-corrected chi connectivity index (χ2v) is 7.20. The first kappa shape index (κ1) is 16.2. The van der Waals surface area contributed by atoms with E-state index in [1.54, 1.807) is 0 Å². The standard InChI is InChI=1S/C20H27NO2/c1-14-5-2-3-8-18(14)21-20(23)12-11-19(22)17-10-9-15-6-4-7-16(15)13-17/h9-10,13-14,18H,2-8,11-12H2,1H3,(H,21,23). The molecule has 3 heteroatoms. The summed E-state index contributed by atoms with van der Waals surface area (Å²) in [6.45, 7) is 2.21. The number of aryl methyl sites for hydroxylation is 2. The van der Waals surface area contributed by atoms with Crippen LogP contribution in [0.2, 0.25) is 0 Å². The van der Waals surface area contributed by atoms with Crippen LogP contribution in [0.3, 0.4) is 0 Å². The first-order chi connectivity index (χ1) is 11.1. The zero-order chi connectivity index (χ0) is 16.2. The molecule has 1 aromatic rings. The molecule has 2 aliphatic carbocycles. The third kappa shape index (κ3) is 4.01. The maximum absolute atomic E-state index is 12.3. The summed E-state index contributed by atoms with van der Waals surface area (Å²) in [6, 6.07) is 6.34. The van der Waals surface area contributed by atoms with Gasteiger partial charge in [0, 0.05) is 24.4 Å². The highest BCUT2D eigenvalue weighted by Crippen LogP contribution is 2.25. The van der Waals surface area contributed by atoms with E-state index in [4.69, 9.17) is 0 Å². The number of hydrogen-bond donors (Lipinski definition) is 1. The number of benzene rings is 1. The molecule has 0 spiro atoms. The van der Waals surface area contributed by atoms with Gasteiger partial charge < -0.3 is 5.32 Å².